The number of aromatic nitrogens is 2. The molecule has 0 spiro atoms. The molecule has 1 aromatic carbocycles. The van der Waals surface area contributed by atoms with Crippen molar-refractivity contribution in [1.82, 2.24) is 20.2 Å². The Bertz CT molecular complexity index is 727. The summed E-state index contributed by atoms with van der Waals surface area (Å²) in [6.45, 7) is 4.33. The maximum Gasteiger partial charge on any atom is 0.319 e. The minimum atomic E-state index is -0.270. The van der Waals surface area contributed by atoms with Crippen molar-refractivity contribution in [2.45, 2.75) is 26.2 Å². The molecule has 0 bridgehead atoms. The molecule has 2 aromatic rings. The van der Waals surface area contributed by atoms with Gasteiger partial charge in [0, 0.05) is 49.2 Å². The van der Waals surface area contributed by atoms with Gasteiger partial charge < -0.3 is 20.5 Å². The Kier molecular flexibility index (Phi) is 5.88. The number of urea groups is 1. The molecule has 1 aliphatic heterocycles. The van der Waals surface area contributed by atoms with Crippen LogP contribution in [0.25, 0.3) is 0 Å². The number of benzene rings is 1. The van der Waals surface area contributed by atoms with Crippen LogP contribution in [0.15, 0.2) is 36.8 Å². The van der Waals surface area contributed by atoms with Gasteiger partial charge in [-0.2, -0.15) is 0 Å². The average molecular weight is 355 g/mol. The van der Waals surface area contributed by atoms with Crippen molar-refractivity contribution in [3.05, 3.63) is 48.0 Å². The third-order valence-corrected chi connectivity index (χ3v) is 4.57. The fourth-order valence-corrected chi connectivity index (χ4v) is 3.16. The van der Waals surface area contributed by atoms with E-state index in [2.05, 4.69) is 27.5 Å². The van der Waals surface area contributed by atoms with Crippen molar-refractivity contribution < 1.29 is 9.59 Å². The van der Waals surface area contributed by atoms with E-state index in [1.807, 2.05) is 4.90 Å². The number of piperidine rings is 1. The molecule has 1 atom stereocenters. The molecule has 0 unspecified atom stereocenters. The van der Waals surface area contributed by atoms with E-state index in [1.54, 1.807) is 36.8 Å². The highest BCUT2D eigenvalue weighted by Crippen LogP contribution is 2.19. The van der Waals surface area contributed by atoms with Gasteiger partial charge in [0.1, 0.15) is 0 Å². The molecule has 0 aliphatic carbocycles. The average Bonchev–Trinajstić information content (AvgIpc) is 3.15. The van der Waals surface area contributed by atoms with E-state index < -0.39 is 0 Å². The van der Waals surface area contributed by atoms with Crippen LogP contribution in [0.2, 0.25) is 0 Å². The third kappa shape index (κ3) is 4.84. The normalized spacial score (nSPS) is 17.0. The van der Waals surface area contributed by atoms with E-state index >= 15 is 0 Å². The van der Waals surface area contributed by atoms with Crippen molar-refractivity contribution in [3.8, 4) is 0 Å². The number of H-pyrrole nitrogens is 1. The van der Waals surface area contributed by atoms with Crippen LogP contribution in [0.3, 0.4) is 0 Å². The highest BCUT2D eigenvalue weighted by molar-refractivity contribution is 5.95. The van der Waals surface area contributed by atoms with Gasteiger partial charge in [0.25, 0.3) is 5.91 Å². The second kappa shape index (κ2) is 8.51. The third-order valence-electron chi connectivity index (χ3n) is 4.57. The number of carbonyl (C=O) groups is 2. The van der Waals surface area contributed by atoms with Crippen molar-refractivity contribution in [3.63, 3.8) is 0 Å². The number of aromatic amines is 1. The standard InChI is InChI=1S/C19H25N5O2/c1-14-3-2-10-24(12-14)18(25)15-4-6-16(7-5-15)23-19(26)21-9-8-17-11-20-13-22-17/h4-7,11,13-14H,2-3,8-10,12H2,1H3,(H,20,22)(H2,21,23,26)/t14-/m0/s1. The van der Waals surface area contributed by atoms with Crippen molar-refractivity contribution in [2.75, 3.05) is 25.0 Å². The summed E-state index contributed by atoms with van der Waals surface area (Å²) in [4.78, 5) is 33.3. The zero-order chi connectivity index (χ0) is 18.4. The molecular formula is C19H25N5O2. The van der Waals surface area contributed by atoms with E-state index in [0.29, 0.717) is 30.1 Å². The van der Waals surface area contributed by atoms with Crippen LogP contribution in [-0.4, -0.2) is 46.4 Å². The van der Waals surface area contributed by atoms with Crippen molar-refractivity contribution >= 4 is 17.6 Å². The Morgan fingerprint density at radius 3 is 2.81 bits per heavy atom. The predicted molar refractivity (Wildman–Crippen MR) is 100 cm³/mol. The number of nitrogens with one attached hydrogen (secondary N) is 3. The zero-order valence-electron chi connectivity index (χ0n) is 15.0. The van der Waals surface area contributed by atoms with Gasteiger partial charge in [0.15, 0.2) is 0 Å². The monoisotopic (exact) mass is 355 g/mol. The van der Waals surface area contributed by atoms with Crippen molar-refractivity contribution in [2.24, 2.45) is 5.92 Å². The maximum atomic E-state index is 12.6. The summed E-state index contributed by atoms with van der Waals surface area (Å²) in [5.74, 6) is 0.617. The van der Waals surface area contributed by atoms with Gasteiger partial charge in [-0.05, 0) is 43.0 Å². The number of carbonyl (C=O) groups excluding carboxylic acids is 2. The van der Waals surface area contributed by atoms with E-state index in [1.165, 1.54) is 6.42 Å². The summed E-state index contributed by atoms with van der Waals surface area (Å²) in [6, 6.07) is 6.78. The fourth-order valence-electron chi connectivity index (χ4n) is 3.16. The van der Waals surface area contributed by atoms with Crippen LogP contribution in [0.1, 0.15) is 35.8 Å². The van der Waals surface area contributed by atoms with Crippen LogP contribution in [-0.2, 0) is 6.42 Å². The minimum absolute atomic E-state index is 0.0621. The Hall–Kier alpha value is -2.83. The molecule has 1 saturated heterocycles. The van der Waals surface area contributed by atoms with E-state index in [4.69, 9.17) is 0 Å². The van der Waals surface area contributed by atoms with E-state index in [-0.39, 0.29) is 11.9 Å². The Labute approximate surface area is 153 Å². The number of nitrogens with zero attached hydrogens (tertiary/aromatic N) is 2. The smallest absolute Gasteiger partial charge is 0.319 e. The molecule has 0 saturated carbocycles. The van der Waals surface area contributed by atoms with Crippen LogP contribution in [0.4, 0.5) is 10.5 Å². The number of amides is 3. The molecule has 3 rings (SSSR count). The molecule has 0 radical (unpaired) electrons. The van der Waals surface area contributed by atoms with Gasteiger partial charge in [0.2, 0.25) is 0 Å². The van der Waals surface area contributed by atoms with Gasteiger partial charge >= 0.3 is 6.03 Å². The molecular weight excluding hydrogens is 330 g/mol. The van der Waals surface area contributed by atoms with Crippen molar-refractivity contribution in [1.29, 1.82) is 0 Å². The highest BCUT2D eigenvalue weighted by atomic mass is 16.2. The van der Waals surface area contributed by atoms with Gasteiger partial charge in [-0.15, -0.1) is 0 Å². The second-order valence-electron chi connectivity index (χ2n) is 6.78. The number of rotatable bonds is 5. The summed E-state index contributed by atoms with van der Waals surface area (Å²) in [5.41, 5.74) is 2.29. The Morgan fingerprint density at radius 2 is 2.12 bits per heavy atom. The lowest BCUT2D eigenvalue weighted by Gasteiger charge is -2.31. The zero-order valence-corrected chi connectivity index (χ0v) is 15.0. The summed E-state index contributed by atoms with van der Waals surface area (Å²) in [6.07, 6.45) is 6.28. The molecule has 7 heteroatoms. The van der Waals surface area contributed by atoms with Gasteiger partial charge in [-0.1, -0.05) is 6.92 Å². The molecule has 138 valence electrons. The first-order chi connectivity index (χ1) is 12.6. The van der Waals surface area contributed by atoms with Crippen LogP contribution >= 0.6 is 0 Å². The lowest BCUT2D eigenvalue weighted by atomic mass is 9.99. The quantitative estimate of drug-likeness (QED) is 0.770. The number of anilines is 1. The van der Waals surface area contributed by atoms with Crippen LogP contribution in [0, 0.1) is 5.92 Å². The SMILES string of the molecule is C[C@H]1CCCN(C(=O)c2ccc(NC(=O)NCCc3cnc[nH]3)cc2)C1. The number of hydrogen-bond donors (Lipinski definition) is 3. The molecule has 7 nitrogen and oxygen atoms in total. The van der Waals surface area contributed by atoms with E-state index in [0.717, 1.165) is 25.2 Å². The molecule has 1 aliphatic rings. The predicted octanol–water partition coefficient (Wildman–Crippen LogP) is 2.65. The van der Waals surface area contributed by atoms with E-state index in [9.17, 15) is 9.59 Å². The minimum Gasteiger partial charge on any atom is -0.348 e. The first-order valence-electron chi connectivity index (χ1n) is 9.03. The van der Waals surface area contributed by atoms with Gasteiger partial charge in [-0.25, -0.2) is 9.78 Å². The van der Waals surface area contributed by atoms with Crippen LogP contribution < -0.4 is 10.6 Å². The Balaban J connectivity index is 1.47. The first-order valence-corrected chi connectivity index (χ1v) is 9.03. The molecule has 3 N–H and O–H groups in total. The van der Waals surface area contributed by atoms with Gasteiger partial charge in [-0.3, -0.25) is 4.79 Å². The maximum absolute atomic E-state index is 12.6. The summed E-state index contributed by atoms with van der Waals surface area (Å²) in [5, 5.41) is 5.56. The highest BCUT2D eigenvalue weighted by Gasteiger charge is 2.21. The largest absolute Gasteiger partial charge is 0.348 e. The number of likely N-dealkylation sites (tertiary alicyclic amines) is 1. The topological polar surface area (TPSA) is 90.1 Å². The Morgan fingerprint density at radius 1 is 1.31 bits per heavy atom. The second-order valence-corrected chi connectivity index (χ2v) is 6.78. The van der Waals surface area contributed by atoms with Crippen LogP contribution in [0.5, 0.6) is 0 Å². The molecule has 3 amide bonds. The lowest BCUT2D eigenvalue weighted by Crippen LogP contribution is -2.39. The number of imidazole rings is 1. The fraction of sp³-hybridized carbons (Fsp3) is 0.421. The molecule has 2 heterocycles. The first kappa shape index (κ1) is 18.0. The van der Waals surface area contributed by atoms with Gasteiger partial charge in [0.05, 0.1) is 6.33 Å². The lowest BCUT2D eigenvalue weighted by molar-refractivity contribution is 0.0683. The number of hydrogen-bond acceptors (Lipinski definition) is 3. The molecule has 1 aromatic heterocycles. The molecule has 1 fully saturated rings. The summed E-state index contributed by atoms with van der Waals surface area (Å²) < 4.78 is 0. The molecule has 26 heavy (non-hydrogen) atoms. The summed E-state index contributed by atoms with van der Waals surface area (Å²) in [7, 11) is 0. The summed E-state index contributed by atoms with van der Waals surface area (Å²) >= 11 is 0.